The predicted octanol–water partition coefficient (Wildman–Crippen LogP) is 4.13. The Labute approximate surface area is 129 Å². The van der Waals surface area contributed by atoms with Crippen molar-refractivity contribution in [2.45, 2.75) is 52.4 Å². The van der Waals surface area contributed by atoms with Crippen molar-refractivity contribution in [3.05, 3.63) is 10.6 Å². The largest absolute Gasteiger partial charge is 0.301 e. The van der Waals surface area contributed by atoms with Gasteiger partial charge in [0.15, 0.2) is 5.13 Å². The number of carbonyl (C=O) groups excluding carboxylic acids is 1. The summed E-state index contributed by atoms with van der Waals surface area (Å²) in [6, 6.07) is 0. The minimum atomic E-state index is 0.0858. The average molecular weight is 313 g/mol. The fourth-order valence-electron chi connectivity index (χ4n) is 2.22. The molecule has 5 heteroatoms. The van der Waals surface area contributed by atoms with Gasteiger partial charge in [0, 0.05) is 4.88 Å². The van der Waals surface area contributed by atoms with Crippen molar-refractivity contribution in [1.82, 2.24) is 4.98 Å². The average Bonchev–Trinajstić information content (AvgIpc) is 2.63. The van der Waals surface area contributed by atoms with Crippen LogP contribution in [0.2, 0.25) is 0 Å². The third-order valence-electron chi connectivity index (χ3n) is 3.41. The van der Waals surface area contributed by atoms with Crippen molar-refractivity contribution in [2.75, 3.05) is 16.8 Å². The second kappa shape index (κ2) is 8.03. The molecule has 112 valence electrons. The van der Waals surface area contributed by atoms with Crippen molar-refractivity contribution in [3.8, 4) is 0 Å². The molecule has 0 fully saturated rings. The number of fused-ring (bicyclic) bond motifs is 1. The summed E-state index contributed by atoms with van der Waals surface area (Å²) < 4.78 is 0. The van der Waals surface area contributed by atoms with Gasteiger partial charge in [-0.25, -0.2) is 4.98 Å². The van der Waals surface area contributed by atoms with Crippen molar-refractivity contribution in [3.63, 3.8) is 0 Å². The van der Waals surface area contributed by atoms with E-state index >= 15 is 0 Å². The molecule has 1 aliphatic rings. The predicted molar refractivity (Wildman–Crippen MR) is 88.8 cm³/mol. The molecule has 1 aliphatic carbocycles. The van der Waals surface area contributed by atoms with E-state index in [0.717, 1.165) is 23.7 Å². The number of hydrogen-bond acceptors (Lipinski definition) is 4. The van der Waals surface area contributed by atoms with Crippen molar-refractivity contribution < 1.29 is 4.79 Å². The highest BCUT2D eigenvalue weighted by Crippen LogP contribution is 2.28. The number of amides is 1. The van der Waals surface area contributed by atoms with Gasteiger partial charge in [-0.15, -0.1) is 11.3 Å². The van der Waals surface area contributed by atoms with Crippen LogP contribution >= 0.6 is 23.1 Å². The zero-order valence-corrected chi connectivity index (χ0v) is 14.0. The van der Waals surface area contributed by atoms with Crippen molar-refractivity contribution in [1.29, 1.82) is 0 Å². The first-order chi connectivity index (χ1) is 9.65. The first-order valence-corrected chi connectivity index (χ1v) is 9.48. The number of carbonyl (C=O) groups is 1. The topological polar surface area (TPSA) is 42.0 Å². The molecule has 0 atom stereocenters. The molecule has 0 saturated carbocycles. The van der Waals surface area contributed by atoms with Crippen LogP contribution < -0.4 is 5.32 Å². The van der Waals surface area contributed by atoms with Gasteiger partial charge in [0.2, 0.25) is 5.91 Å². The zero-order valence-electron chi connectivity index (χ0n) is 12.4. The molecular formula is C15H24N2OS2. The summed E-state index contributed by atoms with van der Waals surface area (Å²) in [6.45, 7) is 4.42. The molecular weight excluding hydrogens is 288 g/mol. The van der Waals surface area contributed by atoms with E-state index in [1.807, 2.05) is 0 Å². The summed E-state index contributed by atoms with van der Waals surface area (Å²) in [4.78, 5) is 17.8. The maximum atomic E-state index is 11.9. The van der Waals surface area contributed by atoms with Gasteiger partial charge in [0.25, 0.3) is 0 Å². The first-order valence-electron chi connectivity index (χ1n) is 7.51. The SMILES string of the molecule is CC(C)CCSCC(=O)Nc1nc2c(s1)CCCCC2. The molecule has 0 spiro atoms. The summed E-state index contributed by atoms with van der Waals surface area (Å²) in [6.07, 6.45) is 7.17. The molecule has 20 heavy (non-hydrogen) atoms. The highest BCUT2D eigenvalue weighted by molar-refractivity contribution is 7.99. The van der Waals surface area contributed by atoms with E-state index in [0.29, 0.717) is 11.7 Å². The quantitative estimate of drug-likeness (QED) is 0.634. The molecule has 0 saturated heterocycles. The van der Waals surface area contributed by atoms with Crippen LogP contribution in [-0.4, -0.2) is 22.4 Å². The lowest BCUT2D eigenvalue weighted by atomic mass is 10.2. The lowest BCUT2D eigenvalue weighted by molar-refractivity contribution is -0.113. The van der Waals surface area contributed by atoms with E-state index in [-0.39, 0.29) is 5.91 Å². The standard InChI is InChI=1S/C15H24N2OS2/c1-11(2)8-9-19-10-14(18)17-15-16-12-6-4-3-5-7-13(12)20-15/h11H,3-10H2,1-2H3,(H,16,17,18). The molecule has 0 unspecified atom stereocenters. The number of rotatable bonds is 6. The van der Waals surface area contributed by atoms with Gasteiger partial charge in [-0.05, 0) is 43.8 Å². The highest BCUT2D eigenvalue weighted by atomic mass is 32.2. The van der Waals surface area contributed by atoms with Gasteiger partial charge >= 0.3 is 0 Å². The lowest BCUT2D eigenvalue weighted by Gasteiger charge is -2.04. The second-order valence-corrected chi connectivity index (χ2v) is 7.92. The van der Waals surface area contributed by atoms with Crippen LogP contribution in [0.25, 0.3) is 0 Å². The monoisotopic (exact) mass is 312 g/mol. The molecule has 0 bridgehead atoms. The third kappa shape index (κ3) is 5.09. The second-order valence-electron chi connectivity index (χ2n) is 5.73. The zero-order chi connectivity index (χ0) is 14.4. The van der Waals surface area contributed by atoms with Gasteiger partial charge in [0.1, 0.15) is 0 Å². The summed E-state index contributed by atoms with van der Waals surface area (Å²) in [5.41, 5.74) is 1.22. The molecule has 2 rings (SSSR count). The Hall–Kier alpha value is -0.550. The minimum Gasteiger partial charge on any atom is -0.301 e. The van der Waals surface area contributed by atoms with E-state index in [9.17, 15) is 4.79 Å². The number of nitrogens with zero attached hydrogens (tertiary/aromatic N) is 1. The van der Waals surface area contributed by atoms with Crippen LogP contribution in [0.15, 0.2) is 0 Å². The van der Waals surface area contributed by atoms with Crippen LogP contribution in [0.3, 0.4) is 0 Å². The van der Waals surface area contributed by atoms with Crippen molar-refractivity contribution in [2.24, 2.45) is 5.92 Å². The Morgan fingerprint density at radius 2 is 2.15 bits per heavy atom. The van der Waals surface area contributed by atoms with Crippen LogP contribution in [0, 0.1) is 5.92 Å². The van der Waals surface area contributed by atoms with Gasteiger partial charge < -0.3 is 5.32 Å². The van der Waals surface area contributed by atoms with Crippen LogP contribution in [0.4, 0.5) is 5.13 Å². The Bertz CT molecular complexity index is 420. The molecule has 0 radical (unpaired) electrons. The molecule has 1 heterocycles. The van der Waals surface area contributed by atoms with E-state index in [1.54, 1.807) is 23.1 Å². The Balaban J connectivity index is 1.77. The number of anilines is 1. The molecule has 1 aromatic heterocycles. The summed E-state index contributed by atoms with van der Waals surface area (Å²) >= 11 is 3.38. The molecule has 0 aromatic carbocycles. The maximum Gasteiger partial charge on any atom is 0.236 e. The van der Waals surface area contributed by atoms with E-state index < -0.39 is 0 Å². The number of nitrogens with one attached hydrogen (secondary N) is 1. The number of aryl methyl sites for hydroxylation is 2. The molecule has 1 N–H and O–H groups in total. The molecule has 0 aliphatic heterocycles. The number of thioether (sulfide) groups is 1. The maximum absolute atomic E-state index is 11.9. The normalized spacial score (nSPS) is 14.9. The number of thiazole rings is 1. The molecule has 1 aromatic rings. The van der Waals surface area contributed by atoms with Crippen LogP contribution in [-0.2, 0) is 17.6 Å². The summed E-state index contributed by atoms with van der Waals surface area (Å²) in [5.74, 6) is 2.39. The smallest absolute Gasteiger partial charge is 0.236 e. The Morgan fingerprint density at radius 1 is 1.35 bits per heavy atom. The summed E-state index contributed by atoms with van der Waals surface area (Å²) in [7, 11) is 0. The third-order valence-corrected chi connectivity index (χ3v) is 5.48. The number of aromatic nitrogens is 1. The van der Waals surface area contributed by atoms with Crippen LogP contribution in [0.5, 0.6) is 0 Å². The molecule has 3 nitrogen and oxygen atoms in total. The minimum absolute atomic E-state index is 0.0858. The molecule has 1 amide bonds. The lowest BCUT2D eigenvalue weighted by Crippen LogP contribution is -2.14. The van der Waals surface area contributed by atoms with Gasteiger partial charge in [-0.3, -0.25) is 4.79 Å². The number of hydrogen-bond donors (Lipinski definition) is 1. The fourth-order valence-corrected chi connectivity index (χ4v) is 4.33. The van der Waals surface area contributed by atoms with E-state index in [4.69, 9.17) is 0 Å². The Kier molecular flexibility index (Phi) is 6.36. The first kappa shape index (κ1) is 15.8. The Morgan fingerprint density at radius 3 is 2.95 bits per heavy atom. The van der Waals surface area contributed by atoms with Gasteiger partial charge in [-0.2, -0.15) is 11.8 Å². The van der Waals surface area contributed by atoms with E-state index in [1.165, 1.54) is 36.3 Å². The van der Waals surface area contributed by atoms with E-state index in [2.05, 4.69) is 24.1 Å². The fraction of sp³-hybridized carbons (Fsp3) is 0.733. The van der Waals surface area contributed by atoms with Crippen molar-refractivity contribution >= 4 is 34.1 Å². The van der Waals surface area contributed by atoms with Gasteiger partial charge in [-0.1, -0.05) is 20.3 Å². The summed E-state index contributed by atoms with van der Waals surface area (Å²) in [5, 5.41) is 3.75. The van der Waals surface area contributed by atoms with Gasteiger partial charge in [0.05, 0.1) is 11.4 Å². The highest BCUT2D eigenvalue weighted by Gasteiger charge is 2.15. The van der Waals surface area contributed by atoms with Crippen LogP contribution in [0.1, 0.15) is 50.1 Å².